The van der Waals surface area contributed by atoms with Gasteiger partial charge in [-0.1, -0.05) is 44.2 Å². The fraction of sp³-hybridized carbons (Fsp3) is 0.357. The standard InChI is InChI=1S/C14H18O3/c1-14(2,10-15)11-17-13(16)9-8-12-6-4-3-5-7-12/h3-9,15H,10-11H2,1-2H3. The Labute approximate surface area is 102 Å². The van der Waals surface area contributed by atoms with Gasteiger partial charge in [0, 0.05) is 11.5 Å². The number of hydrogen-bond acceptors (Lipinski definition) is 3. The molecule has 0 aliphatic carbocycles. The number of carbonyl (C=O) groups is 1. The van der Waals surface area contributed by atoms with Gasteiger partial charge >= 0.3 is 5.97 Å². The number of ether oxygens (including phenoxy) is 1. The first-order valence-electron chi connectivity index (χ1n) is 5.54. The molecule has 3 nitrogen and oxygen atoms in total. The Morgan fingerprint density at radius 2 is 2.00 bits per heavy atom. The summed E-state index contributed by atoms with van der Waals surface area (Å²) in [5.74, 6) is -0.393. The molecule has 0 radical (unpaired) electrons. The number of benzene rings is 1. The molecule has 0 amide bonds. The lowest BCUT2D eigenvalue weighted by molar-refractivity contribution is -0.141. The number of esters is 1. The average molecular weight is 234 g/mol. The van der Waals surface area contributed by atoms with Crippen LogP contribution in [0, 0.1) is 5.41 Å². The highest BCUT2D eigenvalue weighted by atomic mass is 16.5. The van der Waals surface area contributed by atoms with Gasteiger partial charge in [0.1, 0.15) is 0 Å². The Balaban J connectivity index is 2.43. The molecule has 17 heavy (non-hydrogen) atoms. The van der Waals surface area contributed by atoms with Gasteiger partial charge in [0.25, 0.3) is 0 Å². The maximum Gasteiger partial charge on any atom is 0.330 e. The van der Waals surface area contributed by atoms with Gasteiger partial charge in [-0.15, -0.1) is 0 Å². The van der Waals surface area contributed by atoms with Crippen LogP contribution in [0.5, 0.6) is 0 Å². The van der Waals surface area contributed by atoms with Gasteiger partial charge < -0.3 is 9.84 Å². The van der Waals surface area contributed by atoms with Gasteiger partial charge in [-0.05, 0) is 11.6 Å². The smallest absolute Gasteiger partial charge is 0.330 e. The molecule has 0 aliphatic heterocycles. The molecular formula is C14H18O3. The summed E-state index contributed by atoms with van der Waals surface area (Å²) in [5, 5.41) is 9.01. The van der Waals surface area contributed by atoms with Crippen LogP contribution in [0.15, 0.2) is 36.4 Å². The van der Waals surface area contributed by atoms with Gasteiger partial charge in [-0.2, -0.15) is 0 Å². The lowest BCUT2D eigenvalue weighted by Crippen LogP contribution is -2.25. The monoisotopic (exact) mass is 234 g/mol. The van der Waals surface area contributed by atoms with Gasteiger partial charge in [-0.3, -0.25) is 0 Å². The Kier molecular flexibility index (Phi) is 4.91. The van der Waals surface area contributed by atoms with Crippen LogP contribution in [0.1, 0.15) is 19.4 Å². The molecule has 0 bridgehead atoms. The van der Waals surface area contributed by atoms with E-state index in [-0.39, 0.29) is 13.2 Å². The fourth-order valence-corrected chi connectivity index (χ4v) is 1.09. The Morgan fingerprint density at radius 3 is 2.59 bits per heavy atom. The maximum absolute atomic E-state index is 11.4. The third-order valence-corrected chi connectivity index (χ3v) is 2.24. The Bertz CT molecular complexity index is 380. The number of aliphatic hydroxyl groups excluding tert-OH is 1. The van der Waals surface area contributed by atoms with E-state index in [1.807, 2.05) is 44.2 Å². The van der Waals surface area contributed by atoms with Crippen molar-refractivity contribution in [3.63, 3.8) is 0 Å². The Hall–Kier alpha value is -1.61. The first kappa shape index (κ1) is 13.5. The molecule has 0 fully saturated rings. The zero-order chi connectivity index (χ0) is 12.7. The van der Waals surface area contributed by atoms with Crippen LogP contribution >= 0.6 is 0 Å². The van der Waals surface area contributed by atoms with Crippen molar-refractivity contribution in [2.75, 3.05) is 13.2 Å². The summed E-state index contributed by atoms with van der Waals surface area (Å²) in [4.78, 5) is 11.4. The van der Waals surface area contributed by atoms with Crippen molar-refractivity contribution >= 4 is 12.0 Å². The van der Waals surface area contributed by atoms with Crippen molar-refractivity contribution in [3.05, 3.63) is 42.0 Å². The predicted octanol–water partition coefficient (Wildman–Crippen LogP) is 2.26. The van der Waals surface area contributed by atoms with Crippen LogP contribution in [0.25, 0.3) is 6.08 Å². The summed E-state index contributed by atoms with van der Waals surface area (Å²) >= 11 is 0. The predicted molar refractivity (Wildman–Crippen MR) is 67.3 cm³/mol. The highest BCUT2D eigenvalue weighted by Crippen LogP contribution is 2.13. The van der Waals surface area contributed by atoms with Gasteiger partial charge in [0.2, 0.25) is 0 Å². The molecule has 0 saturated heterocycles. The molecule has 0 spiro atoms. The molecule has 92 valence electrons. The maximum atomic E-state index is 11.4. The van der Waals surface area contributed by atoms with Gasteiger partial charge in [-0.25, -0.2) is 4.79 Å². The molecule has 1 aromatic carbocycles. The molecule has 1 rings (SSSR count). The molecule has 0 unspecified atom stereocenters. The topological polar surface area (TPSA) is 46.5 Å². The zero-order valence-corrected chi connectivity index (χ0v) is 10.2. The van der Waals surface area contributed by atoms with Crippen LogP contribution in [0.2, 0.25) is 0 Å². The van der Waals surface area contributed by atoms with Crippen LogP contribution in [-0.4, -0.2) is 24.3 Å². The molecule has 0 atom stereocenters. The van der Waals surface area contributed by atoms with Crippen LogP contribution < -0.4 is 0 Å². The van der Waals surface area contributed by atoms with E-state index >= 15 is 0 Å². The summed E-state index contributed by atoms with van der Waals surface area (Å²) in [6.45, 7) is 3.87. The minimum atomic E-state index is -0.393. The van der Waals surface area contributed by atoms with Crippen LogP contribution in [-0.2, 0) is 9.53 Å². The van der Waals surface area contributed by atoms with Crippen molar-refractivity contribution in [2.24, 2.45) is 5.41 Å². The summed E-state index contributed by atoms with van der Waals surface area (Å²) in [6, 6.07) is 9.53. The molecule has 3 heteroatoms. The normalized spacial score (nSPS) is 11.7. The molecule has 1 N–H and O–H groups in total. The van der Waals surface area contributed by atoms with Crippen molar-refractivity contribution in [3.8, 4) is 0 Å². The van der Waals surface area contributed by atoms with E-state index in [0.717, 1.165) is 5.56 Å². The minimum absolute atomic E-state index is 0.0112. The number of carbonyl (C=O) groups excluding carboxylic acids is 1. The molecule has 0 heterocycles. The van der Waals surface area contributed by atoms with E-state index in [0.29, 0.717) is 0 Å². The van der Waals surface area contributed by atoms with Gasteiger partial charge in [0.05, 0.1) is 13.2 Å². The fourth-order valence-electron chi connectivity index (χ4n) is 1.09. The molecule has 0 aliphatic rings. The largest absolute Gasteiger partial charge is 0.462 e. The number of hydrogen-bond donors (Lipinski definition) is 1. The SMILES string of the molecule is CC(C)(CO)COC(=O)C=Cc1ccccc1. The number of rotatable bonds is 5. The van der Waals surface area contributed by atoms with E-state index in [2.05, 4.69) is 0 Å². The first-order valence-corrected chi connectivity index (χ1v) is 5.54. The lowest BCUT2D eigenvalue weighted by Gasteiger charge is -2.20. The second-order valence-corrected chi connectivity index (χ2v) is 4.67. The van der Waals surface area contributed by atoms with E-state index < -0.39 is 11.4 Å². The quantitative estimate of drug-likeness (QED) is 0.628. The van der Waals surface area contributed by atoms with E-state index in [4.69, 9.17) is 9.84 Å². The molecule has 0 aromatic heterocycles. The summed E-state index contributed by atoms with van der Waals surface area (Å²) in [5.41, 5.74) is 0.557. The van der Waals surface area contributed by atoms with Crippen LogP contribution in [0.3, 0.4) is 0 Å². The number of aliphatic hydroxyl groups is 1. The lowest BCUT2D eigenvalue weighted by atomic mass is 9.97. The second-order valence-electron chi connectivity index (χ2n) is 4.67. The van der Waals surface area contributed by atoms with Gasteiger partial charge in [0.15, 0.2) is 0 Å². The highest BCUT2D eigenvalue weighted by Gasteiger charge is 2.18. The summed E-state index contributed by atoms with van der Waals surface area (Å²) < 4.78 is 5.03. The zero-order valence-electron chi connectivity index (χ0n) is 10.2. The summed E-state index contributed by atoms with van der Waals surface area (Å²) in [6.07, 6.45) is 3.09. The van der Waals surface area contributed by atoms with Crippen molar-refractivity contribution in [1.82, 2.24) is 0 Å². The first-order chi connectivity index (χ1) is 8.03. The average Bonchev–Trinajstić information content (AvgIpc) is 2.35. The van der Waals surface area contributed by atoms with Crippen LogP contribution in [0.4, 0.5) is 0 Å². The summed E-state index contributed by atoms with van der Waals surface area (Å²) in [7, 11) is 0. The van der Waals surface area contributed by atoms with Crippen molar-refractivity contribution < 1.29 is 14.6 Å². The minimum Gasteiger partial charge on any atom is -0.462 e. The van der Waals surface area contributed by atoms with E-state index in [9.17, 15) is 4.79 Å². The second kappa shape index (κ2) is 6.21. The highest BCUT2D eigenvalue weighted by molar-refractivity contribution is 5.87. The van der Waals surface area contributed by atoms with Crippen molar-refractivity contribution in [1.29, 1.82) is 0 Å². The molecular weight excluding hydrogens is 216 g/mol. The third-order valence-electron chi connectivity index (χ3n) is 2.24. The van der Waals surface area contributed by atoms with Crippen molar-refractivity contribution in [2.45, 2.75) is 13.8 Å². The third kappa shape index (κ3) is 5.31. The molecule has 0 saturated carbocycles. The molecule has 1 aromatic rings. The van der Waals surface area contributed by atoms with E-state index in [1.165, 1.54) is 6.08 Å². The Morgan fingerprint density at radius 1 is 1.35 bits per heavy atom. The van der Waals surface area contributed by atoms with E-state index in [1.54, 1.807) is 6.08 Å².